The standard InChI is InChI=1S/C21H28N4O4/c1-21(2,3)28-20(26)25-10-7-14(8-11-25)18-23-19(29-24-18)15-6-9-22-16(13-15)17-5-4-12-27-17/h6,9,13-14,17H,4-5,7-8,10-12H2,1-3H3. The van der Waals surface area contributed by atoms with Gasteiger partial charge in [0.1, 0.15) is 5.60 Å². The minimum absolute atomic E-state index is 0.0505. The normalized spacial score (nSPS) is 20.8. The minimum Gasteiger partial charge on any atom is -0.444 e. The Balaban J connectivity index is 1.39. The molecule has 2 aromatic heterocycles. The smallest absolute Gasteiger partial charge is 0.410 e. The summed E-state index contributed by atoms with van der Waals surface area (Å²) in [6, 6.07) is 3.85. The Morgan fingerprint density at radius 1 is 1.24 bits per heavy atom. The molecule has 0 radical (unpaired) electrons. The van der Waals surface area contributed by atoms with Gasteiger partial charge in [-0.1, -0.05) is 5.16 Å². The van der Waals surface area contributed by atoms with E-state index >= 15 is 0 Å². The second-order valence-corrected chi connectivity index (χ2v) is 8.67. The third kappa shape index (κ3) is 4.75. The number of carbonyl (C=O) groups excluding carboxylic acids is 1. The molecule has 1 atom stereocenters. The fraction of sp³-hybridized carbons (Fsp3) is 0.619. The summed E-state index contributed by atoms with van der Waals surface area (Å²) in [5.41, 5.74) is 1.28. The molecular weight excluding hydrogens is 372 g/mol. The minimum atomic E-state index is -0.483. The van der Waals surface area contributed by atoms with Crippen molar-refractivity contribution in [3.8, 4) is 11.5 Å². The van der Waals surface area contributed by atoms with Crippen molar-refractivity contribution in [2.24, 2.45) is 0 Å². The molecule has 0 aliphatic carbocycles. The Morgan fingerprint density at radius 2 is 2.03 bits per heavy atom. The Morgan fingerprint density at radius 3 is 2.72 bits per heavy atom. The average molecular weight is 400 g/mol. The Labute approximate surface area is 170 Å². The first-order valence-electron chi connectivity index (χ1n) is 10.3. The highest BCUT2D eigenvalue weighted by Gasteiger charge is 2.30. The summed E-state index contributed by atoms with van der Waals surface area (Å²) in [6.07, 6.45) is 5.17. The molecule has 1 unspecified atom stereocenters. The summed E-state index contributed by atoms with van der Waals surface area (Å²) >= 11 is 0. The zero-order valence-electron chi connectivity index (χ0n) is 17.3. The highest BCUT2D eigenvalue weighted by Crippen LogP contribution is 2.31. The summed E-state index contributed by atoms with van der Waals surface area (Å²) in [7, 11) is 0. The van der Waals surface area contributed by atoms with E-state index in [4.69, 9.17) is 14.0 Å². The Hall–Kier alpha value is -2.48. The number of rotatable bonds is 3. The van der Waals surface area contributed by atoms with Gasteiger partial charge in [0.05, 0.1) is 11.8 Å². The van der Waals surface area contributed by atoms with Crippen LogP contribution in [0.3, 0.4) is 0 Å². The van der Waals surface area contributed by atoms with Crippen molar-refractivity contribution in [3.63, 3.8) is 0 Å². The quantitative estimate of drug-likeness (QED) is 0.766. The number of pyridine rings is 1. The molecule has 8 nitrogen and oxygen atoms in total. The second-order valence-electron chi connectivity index (χ2n) is 8.67. The van der Waals surface area contributed by atoms with Crippen LogP contribution in [-0.2, 0) is 9.47 Å². The number of amides is 1. The van der Waals surface area contributed by atoms with Crippen LogP contribution >= 0.6 is 0 Å². The molecule has 0 saturated carbocycles. The Bertz CT molecular complexity index is 846. The van der Waals surface area contributed by atoms with Gasteiger partial charge in [-0.05, 0) is 58.6 Å². The summed E-state index contributed by atoms with van der Waals surface area (Å²) in [6.45, 7) is 7.67. The first-order valence-corrected chi connectivity index (χ1v) is 10.3. The van der Waals surface area contributed by atoms with Crippen LogP contribution in [0.25, 0.3) is 11.5 Å². The molecule has 2 aromatic rings. The molecule has 8 heteroatoms. The lowest BCUT2D eigenvalue weighted by molar-refractivity contribution is 0.0203. The summed E-state index contributed by atoms with van der Waals surface area (Å²) in [5.74, 6) is 1.36. The van der Waals surface area contributed by atoms with Crippen LogP contribution in [0.5, 0.6) is 0 Å². The molecule has 2 saturated heterocycles. The van der Waals surface area contributed by atoms with Crippen LogP contribution < -0.4 is 0 Å². The van der Waals surface area contributed by atoms with Crippen molar-refractivity contribution in [2.45, 2.75) is 64.1 Å². The predicted octanol–water partition coefficient (Wildman–Crippen LogP) is 4.10. The van der Waals surface area contributed by atoms with Crippen molar-refractivity contribution in [1.29, 1.82) is 0 Å². The average Bonchev–Trinajstić information content (AvgIpc) is 3.39. The van der Waals surface area contributed by atoms with Gasteiger partial charge in [-0.25, -0.2) is 4.79 Å². The SMILES string of the molecule is CC(C)(C)OC(=O)N1CCC(c2noc(-c3ccnc(C4CCCO4)c3)n2)CC1. The maximum Gasteiger partial charge on any atom is 0.410 e. The van der Waals surface area contributed by atoms with E-state index in [0.717, 1.165) is 43.5 Å². The van der Waals surface area contributed by atoms with Crippen LogP contribution in [0.1, 0.15) is 70.0 Å². The van der Waals surface area contributed by atoms with Gasteiger partial charge in [0, 0.05) is 37.4 Å². The predicted molar refractivity (Wildman–Crippen MR) is 105 cm³/mol. The van der Waals surface area contributed by atoms with E-state index in [1.54, 1.807) is 11.1 Å². The summed E-state index contributed by atoms with van der Waals surface area (Å²) in [4.78, 5) is 23.0. The van der Waals surface area contributed by atoms with E-state index in [-0.39, 0.29) is 18.1 Å². The molecule has 2 fully saturated rings. The van der Waals surface area contributed by atoms with Gasteiger partial charge in [-0.3, -0.25) is 4.98 Å². The van der Waals surface area contributed by atoms with E-state index in [1.807, 2.05) is 32.9 Å². The van der Waals surface area contributed by atoms with E-state index in [2.05, 4.69) is 15.1 Å². The van der Waals surface area contributed by atoms with E-state index < -0.39 is 5.60 Å². The summed E-state index contributed by atoms with van der Waals surface area (Å²) < 4.78 is 16.7. The van der Waals surface area contributed by atoms with E-state index in [0.29, 0.717) is 24.8 Å². The van der Waals surface area contributed by atoms with E-state index in [9.17, 15) is 4.79 Å². The van der Waals surface area contributed by atoms with Crippen molar-refractivity contribution in [1.82, 2.24) is 20.0 Å². The van der Waals surface area contributed by atoms with Gasteiger partial charge in [0.25, 0.3) is 5.89 Å². The molecule has 0 spiro atoms. The highest BCUT2D eigenvalue weighted by atomic mass is 16.6. The van der Waals surface area contributed by atoms with Crippen molar-refractivity contribution >= 4 is 6.09 Å². The first-order chi connectivity index (χ1) is 13.9. The number of ether oxygens (including phenoxy) is 2. The molecule has 2 aliphatic heterocycles. The van der Waals surface area contributed by atoms with Gasteiger partial charge in [-0.2, -0.15) is 4.98 Å². The molecule has 2 aliphatic rings. The molecular formula is C21H28N4O4. The molecule has 29 heavy (non-hydrogen) atoms. The van der Waals surface area contributed by atoms with E-state index in [1.165, 1.54) is 0 Å². The number of hydrogen-bond donors (Lipinski definition) is 0. The van der Waals surface area contributed by atoms with Gasteiger partial charge in [0.2, 0.25) is 0 Å². The van der Waals surface area contributed by atoms with Crippen LogP contribution in [0, 0.1) is 0 Å². The lowest BCUT2D eigenvalue weighted by Crippen LogP contribution is -2.41. The lowest BCUT2D eigenvalue weighted by atomic mass is 9.96. The van der Waals surface area contributed by atoms with Crippen LogP contribution in [0.4, 0.5) is 4.79 Å². The van der Waals surface area contributed by atoms with Crippen LogP contribution in [0.15, 0.2) is 22.9 Å². The zero-order chi connectivity index (χ0) is 20.4. The van der Waals surface area contributed by atoms with Crippen molar-refractivity contribution in [2.75, 3.05) is 19.7 Å². The molecule has 0 N–H and O–H groups in total. The first kappa shape index (κ1) is 19.8. The summed E-state index contributed by atoms with van der Waals surface area (Å²) in [5, 5.41) is 4.20. The van der Waals surface area contributed by atoms with Gasteiger partial charge < -0.3 is 18.9 Å². The molecule has 4 rings (SSSR count). The molecule has 0 bridgehead atoms. The number of aromatic nitrogens is 3. The lowest BCUT2D eigenvalue weighted by Gasteiger charge is -2.32. The topological polar surface area (TPSA) is 90.6 Å². The second kappa shape index (κ2) is 8.10. The number of piperidine rings is 1. The third-order valence-corrected chi connectivity index (χ3v) is 5.24. The maximum atomic E-state index is 12.2. The zero-order valence-corrected chi connectivity index (χ0v) is 17.3. The number of carbonyl (C=O) groups is 1. The van der Waals surface area contributed by atoms with Gasteiger partial charge in [0.15, 0.2) is 5.82 Å². The van der Waals surface area contributed by atoms with Gasteiger partial charge in [-0.15, -0.1) is 0 Å². The maximum absolute atomic E-state index is 12.2. The molecule has 1 amide bonds. The largest absolute Gasteiger partial charge is 0.444 e. The van der Waals surface area contributed by atoms with Crippen molar-refractivity contribution in [3.05, 3.63) is 29.8 Å². The molecule has 156 valence electrons. The highest BCUT2D eigenvalue weighted by molar-refractivity contribution is 5.68. The molecule has 0 aromatic carbocycles. The van der Waals surface area contributed by atoms with Crippen LogP contribution in [-0.4, -0.2) is 51.4 Å². The van der Waals surface area contributed by atoms with Crippen molar-refractivity contribution < 1.29 is 18.8 Å². The Kier molecular flexibility index (Phi) is 5.54. The fourth-order valence-corrected chi connectivity index (χ4v) is 3.73. The number of hydrogen-bond acceptors (Lipinski definition) is 7. The van der Waals surface area contributed by atoms with Crippen LogP contribution in [0.2, 0.25) is 0 Å². The number of likely N-dealkylation sites (tertiary alicyclic amines) is 1. The monoisotopic (exact) mass is 400 g/mol. The molecule has 4 heterocycles. The van der Waals surface area contributed by atoms with Gasteiger partial charge >= 0.3 is 6.09 Å². The third-order valence-electron chi connectivity index (χ3n) is 5.24. The fourth-order valence-electron chi connectivity index (χ4n) is 3.73. The number of nitrogens with zero attached hydrogens (tertiary/aromatic N) is 4.